The van der Waals surface area contributed by atoms with Crippen LogP contribution in [0, 0.1) is 0 Å². The molecule has 0 bridgehead atoms. The zero-order valence-electron chi connectivity index (χ0n) is 14.6. The van der Waals surface area contributed by atoms with Gasteiger partial charge in [0.2, 0.25) is 5.91 Å². The molecule has 2 fully saturated rings. The fraction of sp³-hybridized carbons (Fsp3) is 0.812. The predicted octanol–water partition coefficient (Wildman–Crippen LogP) is 1.12. The van der Waals surface area contributed by atoms with Gasteiger partial charge in [-0.05, 0) is 25.8 Å². The van der Waals surface area contributed by atoms with E-state index in [0.29, 0.717) is 25.9 Å². The van der Waals surface area contributed by atoms with E-state index >= 15 is 0 Å². The van der Waals surface area contributed by atoms with Gasteiger partial charge in [-0.1, -0.05) is 26.2 Å². The maximum Gasteiger partial charge on any atom is 0.327 e. The van der Waals surface area contributed by atoms with E-state index in [0.717, 1.165) is 37.1 Å². The molecule has 4 amide bonds. The van der Waals surface area contributed by atoms with Crippen molar-refractivity contribution in [1.29, 1.82) is 0 Å². The average Bonchev–Trinajstić information content (AvgIpc) is 2.72. The number of rotatable bonds is 7. The Morgan fingerprint density at radius 2 is 1.79 bits per heavy atom. The van der Waals surface area contributed by atoms with Gasteiger partial charge >= 0.3 is 6.03 Å². The molecule has 24 heavy (non-hydrogen) atoms. The van der Waals surface area contributed by atoms with Crippen molar-refractivity contribution in [3.63, 3.8) is 0 Å². The van der Waals surface area contributed by atoms with Crippen LogP contribution in [-0.2, 0) is 9.59 Å². The highest BCUT2D eigenvalue weighted by atomic mass is 35.5. The first-order chi connectivity index (χ1) is 11.0. The van der Waals surface area contributed by atoms with E-state index in [1.165, 1.54) is 0 Å². The van der Waals surface area contributed by atoms with Gasteiger partial charge in [0.05, 0.1) is 0 Å². The van der Waals surface area contributed by atoms with E-state index in [-0.39, 0.29) is 36.8 Å². The molecule has 0 aromatic rings. The van der Waals surface area contributed by atoms with Crippen LogP contribution in [0.2, 0.25) is 0 Å². The number of nitrogens with zero attached hydrogens (tertiary/aromatic N) is 2. The number of carbonyl (C=O) groups is 3. The van der Waals surface area contributed by atoms with Crippen molar-refractivity contribution < 1.29 is 14.4 Å². The van der Waals surface area contributed by atoms with Gasteiger partial charge in [0.15, 0.2) is 0 Å². The Morgan fingerprint density at radius 3 is 2.42 bits per heavy atom. The standard InChI is InChI=1S/C16H28N4O3.ClH/c1-3-9-17-10-11-18-13(21)12-20-14(22)16(19(2)15(20)23)7-5-4-6-8-16;/h17H,3-12H2,1-2H3,(H,18,21);1H. The van der Waals surface area contributed by atoms with Gasteiger partial charge < -0.3 is 15.5 Å². The van der Waals surface area contributed by atoms with E-state index in [2.05, 4.69) is 17.6 Å². The van der Waals surface area contributed by atoms with Crippen molar-refractivity contribution in [2.75, 3.05) is 33.2 Å². The topological polar surface area (TPSA) is 81.8 Å². The second kappa shape index (κ2) is 9.22. The molecule has 7 nitrogen and oxygen atoms in total. The van der Waals surface area contributed by atoms with Gasteiger partial charge in [-0.2, -0.15) is 0 Å². The van der Waals surface area contributed by atoms with Crippen LogP contribution in [0.15, 0.2) is 0 Å². The molecular formula is C16H29ClN4O3. The fourth-order valence-corrected chi connectivity index (χ4v) is 3.46. The average molecular weight is 361 g/mol. The van der Waals surface area contributed by atoms with Crippen LogP contribution in [0.25, 0.3) is 0 Å². The van der Waals surface area contributed by atoms with Crippen LogP contribution < -0.4 is 10.6 Å². The van der Waals surface area contributed by atoms with Crippen molar-refractivity contribution in [2.24, 2.45) is 0 Å². The maximum atomic E-state index is 12.7. The lowest BCUT2D eigenvalue weighted by atomic mass is 9.81. The maximum absolute atomic E-state index is 12.7. The summed E-state index contributed by atoms with van der Waals surface area (Å²) in [5.74, 6) is -0.491. The molecule has 2 aliphatic rings. The number of carbonyl (C=O) groups excluding carboxylic acids is 3. The normalized spacial score (nSPS) is 19.6. The summed E-state index contributed by atoms with van der Waals surface area (Å²) in [6, 6.07) is -0.351. The van der Waals surface area contributed by atoms with Gasteiger partial charge in [0.25, 0.3) is 5.91 Å². The lowest BCUT2D eigenvalue weighted by Gasteiger charge is -2.35. The van der Waals surface area contributed by atoms with Crippen molar-refractivity contribution in [1.82, 2.24) is 20.4 Å². The summed E-state index contributed by atoms with van der Waals surface area (Å²) in [6.07, 6.45) is 5.45. The quantitative estimate of drug-likeness (QED) is 0.526. The Bertz CT molecular complexity index is 466. The molecule has 2 N–H and O–H groups in total. The van der Waals surface area contributed by atoms with Crippen LogP contribution in [0.4, 0.5) is 4.79 Å². The van der Waals surface area contributed by atoms with Gasteiger partial charge in [-0.3, -0.25) is 14.5 Å². The number of likely N-dealkylation sites (N-methyl/N-ethyl adjacent to an activating group) is 1. The minimum Gasteiger partial charge on any atom is -0.353 e. The number of nitrogens with one attached hydrogen (secondary N) is 2. The minimum absolute atomic E-state index is 0. The first kappa shape index (κ1) is 20.7. The lowest BCUT2D eigenvalue weighted by molar-refractivity contribution is -0.137. The van der Waals surface area contributed by atoms with E-state index in [1.54, 1.807) is 11.9 Å². The predicted molar refractivity (Wildman–Crippen MR) is 94.1 cm³/mol. The third-order valence-electron chi connectivity index (χ3n) is 4.84. The van der Waals surface area contributed by atoms with Crippen molar-refractivity contribution >= 4 is 30.3 Å². The van der Waals surface area contributed by atoms with Crippen LogP contribution in [-0.4, -0.2) is 66.4 Å². The SMILES string of the molecule is CCCNCCNC(=O)CN1C(=O)N(C)C2(CCCCC2)C1=O.Cl. The number of imide groups is 1. The highest BCUT2D eigenvalue weighted by Crippen LogP contribution is 2.39. The van der Waals surface area contributed by atoms with Gasteiger partial charge in [-0.15, -0.1) is 12.4 Å². The second-order valence-corrected chi connectivity index (χ2v) is 6.43. The highest BCUT2D eigenvalue weighted by molar-refractivity contribution is 6.08. The van der Waals surface area contributed by atoms with Crippen molar-refractivity contribution in [3.8, 4) is 0 Å². The second-order valence-electron chi connectivity index (χ2n) is 6.43. The number of hydrogen-bond acceptors (Lipinski definition) is 4. The minimum atomic E-state index is -0.710. The molecule has 0 unspecified atom stereocenters. The lowest BCUT2D eigenvalue weighted by Crippen LogP contribution is -2.49. The molecule has 1 heterocycles. The molecule has 1 saturated heterocycles. The van der Waals surface area contributed by atoms with E-state index in [4.69, 9.17) is 0 Å². The number of halogens is 1. The number of urea groups is 1. The summed E-state index contributed by atoms with van der Waals surface area (Å²) in [7, 11) is 1.68. The van der Waals surface area contributed by atoms with Crippen LogP contribution >= 0.6 is 12.4 Å². The van der Waals surface area contributed by atoms with E-state index in [1.807, 2.05) is 0 Å². The van der Waals surface area contributed by atoms with Crippen LogP contribution in [0.3, 0.4) is 0 Å². The molecule has 138 valence electrons. The Morgan fingerprint density at radius 1 is 1.12 bits per heavy atom. The molecule has 1 aliphatic heterocycles. The monoisotopic (exact) mass is 360 g/mol. The molecule has 0 radical (unpaired) electrons. The largest absolute Gasteiger partial charge is 0.353 e. The molecule has 8 heteroatoms. The summed E-state index contributed by atoms with van der Waals surface area (Å²) < 4.78 is 0. The Balaban J connectivity index is 0.00000288. The molecule has 1 saturated carbocycles. The summed E-state index contributed by atoms with van der Waals surface area (Å²) in [5.41, 5.74) is -0.710. The molecular weight excluding hydrogens is 332 g/mol. The van der Waals surface area contributed by atoms with Crippen molar-refractivity contribution in [2.45, 2.75) is 51.0 Å². The first-order valence-electron chi connectivity index (χ1n) is 8.60. The first-order valence-corrected chi connectivity index (χ1v) is 8.60. The molecule has 0 atom stereocenters. The van der Waals surface area contributed by atoms with E-state index < -0.39 is 5.54 Å². The summed E-state index contributed by atoms with van der Waals surface area (Å²) in [4.78, 5) is 39.8. The molecule has 1 aliphatic carbocycles. The Hall–Kier alpha value is -1.34. The zero-order chi connectivity index (χ0) is 16.9. The van der Waals surface area contributed by atoms with E-state index in [9.17, 15) is 14.4 Å². The third kappa shape index (κ3) is 4.19. The molecule has 1 spiro atoms. The van der Waals surface area contributed by atoms with Gasteiger partial charge in [0, 0.05) is 20.1 Å². The third-order valence-corrected chi connectivity index (χ3v) is 4.84. The number of hydrogen-bond donors (Lipinski definition) is 2. The highest BCUT2D eigenvalue weighted by Gasteiger charge is 2.55. The van der Waals surface area contributed by atoms with Gasteiger partial charge in [-0.25, -0.2) is 4.79 Å². The Kier molecular flexibility index (Phi) is 7.96. The van der Waals surface area contributed by atoms with Crippen molar-refractivity contribution in [3.05, 3.63) is 0 Å². The molecule has 0 aromatic carbocycles. The summed E-state index contributed by atoms with van der Waals surface area (Å²) in [5, 5.41) is 5.93. The van der Waals surface area contributed by atoms with Crippen LogP contribution in [0.1, 0.15) is 45.4 Å². The fourth-order valence-electron chi connectivity index (χ4n) is 3.46. The van der Waals surface area contributed by atoms with Crippen LogP contribution in [0.5, 0.6) is 0 Å². The summed E-state index contributed by atoms with van der Waals surface area (Å²) >= 11 is 0. The molecule has 2 rings (SSSR count). The molecule has 0 aromatic heterocycles. The zero-order valence-corrected chi connectivity index (χ0v) is 15.4. The smallest absolute Gasteiger partial charge is 0.327 e. The van der Waals surface area contributed by atoms with Gasteiger partial charge in [0.1, 0.15) is 12.1 Å². The Labute approximate surface area is 149 Å². The number of amides is 4. The summed E-state index contributed by atoms with van der Waals surface area (Å²) in [6.45, 7) is 3.99.